The average Bonchev–Trinajstić information content (AvgIpc) is 3.26. The molecule has 7 heteroatoms. The summed E-state index contributed by atoms with van der Waals surface area (Å²) in [4.78, 5) is 14.9. The standard InChI is InChI=1S/C20H25ClN4O2/c1-14-10-17(23-25(14)18-5-3-2-4-16(18)21)19(26)24-8-6-20(7-9-24)11-15(12-22)27-13-20/h2-5,10,15H,6-9,11-13,22H2,1H3. The zero-order valence-corrected chi connectivity index (χ0v) is 16.3. The Labute approximate surface area is 164 Å². The predicted octanol–water partition coefficient (Wildman–Crippen LogP) is 2.80. The Bertz CT molecular complexity index is 842. The fraction of sp³-hybridized carbons (Fsp3) is 0.500. The number of para-hydroxylation sites is 1. The van der Waals surface area contributed by atoms with Gasteiger partial charge in [-0.3, -0.25) is 4.79 Å². The molecule has 1 aromatic carbocycles. The van der Waals surface area contributed by atoms with Gasteiger partial charge in [-0.05, 0) is 49.8 Å². The number of aryl methyl sites for hydroxylation is 1. The molecule has 2 N–H and O–H groups in total. The van der Waals surface area contributed by atoms with E-state index < -0.39 is 0 Å². The molecule has 0 radical (unpaired) electrons. The Morgan fingerprint density at radius 3 is 2.78 bits per heavy atom. The van der Waals surface area contributed by atoms with Crippen LogP contribution in [0.15, 0.2) is 30.3 Å². The Balaban J connectivity index is 1.47. The second kappa shape index (κ2) is 7.26. The summed E-state index contributed by atoms with van der Waals surface area (Å²) in [5, 5.41) is 5.14. The van der Waals surface area contributed by atoms with Crippen LogP contribution in [0.2, 0.25) is 5.02 Å². The van der Waals surface area contributed by atoms with Gasteiger partial charge in [-0.2, -0.15) is 5.10 Å². The van der Waals surface area contributed by atoms with Gasteiger partial charge in [-0.15, -0.1) is 0 Å². The maximum atomic E-state index is 13.0. The lowest BCUT2D eigenvalue weighted by Gasteiger charge is -2.38. The van der Waals surface area contributed by atoms with Crippen molar-refractivity contribution in [1.29, 1.82) is 0 Å². The lowest BCUT2D eigenvalue weighted by atomic mass is 9.76. The first-order valence-corrected chi connectivity index (χ1v) is 9.82. The Kier molecular flexibility index (Phi) is 4.97. The van der Waals surface area contributed by atoms with E-state index in [0.29, 0.717) is 17.3 Å². The van der Waals surface area contributed by atoms with Gasteiger partial charge in [0.25, 0.3) is 5.91 Å². The molecule has 2 saturated heterocycles. The molecule has 2 fully saturated rings. The van der Waals surface area contributed by atoms with Crippen molar-refractivity contribution in [1.82, 2.24) is 14.7 Å². The summed E-state index contributed by atoms with van der Waals surface area (Å²) < 4.78 is 7.53. The highest BCUT2D eigenvalue weighted by Gasteiger charge is 2.42. The van der Waals surface area contributed by atoms with Crippen LogP contribution in [0.3, 0.4) is 0 Å². The quantitative estimate of drug-likeness (QED) is 0.877. The zero-order chi connectivity index (χ0) is 19.0. The Morgan fingerprint density at radius 1 is 1.37 bits per heavy atom. The molecule has 1 aromatic heterocycles. The van der Waals surface area contributed by atoms with E-state index in [1.54, 1.807) is 4.68 Å². The Hall–Kier alpha value is -1.89. The number of ether oxygens (including phenoxy) is 1. The molecule has 2 aromatic rings. The SMILES string of the molecule is Cc1cc(C(=O)N2CCC3(CC2)COC(CN)C3)nn1-c1ccccc1Cl. The summed E-state index contributed by atoms with van der Waals surface area (Å²) in [5.41, 5.74) is 8.06. The summed E-state index contributed by atoms with van der Waals surface area (Å²) in [6.07, 6.45) is 3.09. The highest BCUT2D eigenvalue weighted by atomic mass is 35.5. The van der Waals surface area contributed by atoms with Crippen LogP contribution in [-0.4, -0.2) is 52.9 Å². The van der Waals surface area contributed by atoms with Crippen molar-refractivity contribution in [2.24, 2.45) is 11.1 Å². The van der Waals surface area contributed by atoms with Gasteiger partial charge >= 0.3 is 0 Å². The van der Waals surface area contributed by atoms with Crippen molar-refractivity contribution in [3.63, 3.8) is 0 Å². The van der Waals surface area contributed by atoms with Gasteiger partial charge in [-0.25, -0.2) is 4.68 Å². The van der Waals surface area contributed by atoms with E-state index >= 15 is 0 Å². The summed E-state index contributed by atoms with van der Waals surface area (Å²) in [7, 11) is 0. The van der Waals surface area contributed by atoms with E-state index in [-0.39, 0.29) is 17.4 Å². The molecule has 1 unspecified atom stereocenters. The van der Waals surface area contributed by atoms with Crippen LogP contribution in [-0.2, 0) is 4.74 Å². The number of rotatable bonds is 3. The first kappa shape index (κ1) is 18.5. The van der Waals surface area contributed by atoms with Crippen LogP contribution >= 0.6 is 11.6 Å². The van der Waals surface area contributed by atoms with E-state index in [1.165, 1.54) is 0 Å². The van der Waals surface area contributed by atoms with Crippen molar-refractivity contribution in [2.75, 3.05) is 26.2 Å². The largest absolute Gasteiger partial charge is 0.376 e. The van der Waals surface area contributed by atoms with E-state index in [0.717, 1.165) is 50.3 Å². The fourth-order valence-corrected chi connectivity index (χ4v) is 4.40. The smallest absolute Gasteiger partial charge is 0.274 e. The predicted molar refractivity (Wildman–Crippen MR) is 104 cm³/mol. The molecule has 1 spiro atoms. The van der Waals surface area contributed by atoms with Crippen molar-refractivity contribution in [2.45, 2.75) is 32.3 Å². The number of nitrogens with two attached hydrogens (primary N) is 1. The molecular formula is C20H25ClN4O2. The lowest BCUT2D eigenvalue weighted by Crippen LogP contribution is -2.43. The molecule has 144 valence electrons. The van der Waals surface area contributed by atoms with Crippen molar-refractivity contribution in [3.05, 3.63) is 46.7 Å². The van der Waals surface area contributed by atoms with Crippen LogP contribution in [0.1, 0.15) is 35.4 Å². The molecule has 6 nitrogen and oxygen atoms in total. The minimum absolute atomic E-state index is 0.0203. The molecule has 2 aliphatic heterocycles. The van der Waals surface area contributed by atoms with Gasteiger partial charge in [0.2, 0.25) is 0 Å². The van der Waals surface area contributed by atoms with Crippen LogP contribution in [0.4, 0.5) is 0 Å². The zero-order valence-electron chi connectivity index (χ0n) is 15.5. The van der Waals surface area contributed by atoms with Crippen molar-refractivity contribution < 1.29 is 9.53 Å². The van der Waals surface area contributed by atoms with Crippen LogP contribution in [0.25, 0.3) is 5.69 Å². The van der Waals surface area contributed by atoms with Crippen LogP contribution in [0.5, 0.6) is 0 Å². The van der Waals surface area contributed by atoms with Crippen molar-refractivity contribution >= 4 is 17.5 Å². The highest BCUT2D eigenvalue weighted by molar-refractivity contribution is 6.32. The lowest BCUT2D eigenvalue weighted by molar-refractivity contribution is 0.0497. The van der Waals surface area contributed by atoms with Gasteiger partial charge < -0.3 is 15.4 Å². The van der Waals surface area contributed by atoms with E-state index in [9.17, 15) is 4.79 Å². The third kappa shape index (κ3) is 3.49. The molecule has 27 heavy (non-hydrogen) atoms. The van der Waals surface area contributed by atoms with E-state index in [4.69, 9.17) is 22.1 Å². The second-order valence-electron chi connectivity index (χ2n) is 7.70. The summed E-state index contributed by atoms with van der Waals surface area (Å²) in [6.45, 7) is 4.73. The first-order valence-electron chi connectivity index (χ1n) is 9.44. The van der Waals surface area contributed by atoms with Gasteiger partial charge in [0, 0.05) is 25.3 Å². The number of piperidine rings is 1. The molecule has 2 aliphatic rings. The van der Waals surface area contributed by atoms with E-state index in [1.807, 2.05) is 42.2 Å². The fourth-order valence-electron chi connectivity index (χ4n) is 4.19. The maximum absolute atomic E-state index is 13.0. The van der Waals surface area contributed by atoms with Gasteiger partial charge in [0.15, 0.2) is 5.69 Å². The first-order chi connectivity index (χ1) is 13.0. The third-order valence-corrected chi connectivity index (χ3v) is 6.17. The molecule has 0 saturated carbocycles. The number of aromatic nitrogens is 2. The molecule has 1 atom stereocenters. The van der Waals surface area contributed by atoms with Crippen molar-refractivity contribution in [3.8, 4) is 5.69 Å². The molecule has 0 bridgehead atoms. The minimum atomic E-state index is -0.0203. The average molecular weight is 389 g/mol. The minimum Gasteiger partial charge on any atom is -0.376 e. The molecule has 0 aliphatic carbocycles. The molecule has 1 amide bonds. The van der Waals surface area contributed by atoms with Crippen LogP contribution in [0, 0.1) is 12.3 Å². The van der Waals surface area contributed by atoms with Gasteiger partial charge in [-0.1, -0.05) is 23.7 Å². The monoisotopic (exact) mass is 388 g/mol. The number of benzene rings is 1. The number of amides is 1. The Morgan fingerprint density at radius 2 is 2.11 bits per heavy atom. The number of hydrogen-bond donors (Lipinski definition) is 1. The molecule has 4 rings (SSSR count). The summed E-state index contributed by atoms with van der Waals surface area (Å²) in [6, 6.07) is 9.34. The van der Waals surface area contributed by atoms with Gasteiger partial charge in [0.1, 0.15) is 0 Å². The molecule has 3 heterocycles. The summed E-state index contributed by atoms with van der Waals surface area (Å²) >= 11 is 6.28. The summed E-state index contributed by atoms with van der Waals surface area (Å²) in [5.74, 6) is -0.0203. The normalized spacial score (nSPS) is 21.7. The van der Waals surface area contributed by atoms with Crippen LogP contribution < -0.4 is 5.73 Å². The second-order valence-corrected chi connectivity index (χ2v) is 8.11. The number of carbonyl (C=O) groups is 1. The number of likely N-dealkylation sites (tertiary alicyclic amines) is 1. The van der Waals surface area contributed by atoms with Gasteiger partial charge in [0.05, 0.1) is 23.4 Å². The number of hydrogen-bond acceptors (Lipinski definition) is 4. The van der Waals surface area contributed by atoms with E-state index in [2.05, 4.69) is 5.10 Å². The number of nitrogens with zero attached hydrogens (tertiary/aromatic N) is 3. The highest BCUT2D eigenvalue weighted by Crippen LogP contribution is 2.41. The topological polar surface area (TPSA) is 73.4 Å². The maximum Gasteiger partial charge on any atom is 0.274 e. The third-order valence-electron chi connectivity index (χ3n) is 5.85. The molecular weight excluding hydrogens is 364 g/mol. The number of carbonyl (C=O) groups excluding carboxylic acids is 1. The number of halogens is 1.